The van der Waals surface area contributed by atoms with Crippen LogP contribution in [0, 0.1) is 0 Å². The Balaban J connectivity index is 1.88. The van der Waals surface area contributed by atoms with Crippen LogP contribution >= 0.6 is 39.5 Å². The summed E-state index contributed by atoms with van der Waals surface area (Å²) in [6, 6.07) is 10.3. The smallest absolute Gasteiger partial charge is 0.191 e. The average Bonchev–Trinajstić information content (AvgIpc) is 2.57. The molecule has 0 amide bonds. The van der Waals surface area contributed by atoms with E-state index in [0.717, 1.165) is 20.6 Å². The van der Waals surface area contributed by atoms with Gasteiger partial charge >= 0.3 is 0 Å². The van der Waals surface area contributed by atoms with Crippen molar-refractivity contribution in [1.29, 1.82) is 0 Å². The number of nitrogens with two attached hydrogens (primary N) is 1. The molecule has 0 aliphatic carbocycles. The molecule has 0 aliphatic rings. The van der Waals surface area contributed by atoms with Crippen LogP contribution in [-0.4, -0.2) is 21.2 Å². The zero-order chi connectivity index (χ0) is 16.4. The largest absolute Gasteiger partial charge is 0.383 e. The number of fused-ring (bicyclic) bond motifs is 1. The lowest BCUT2D eigenvalue weighted by Crippen LogP contribution is -2.00. The molecule has 118 valence electrons. The number of aromatic nitrogens is 3. The van der Waals surface area contributed by atoms with Gasteiger partial charge in [0.25, 0.3) is 0 Å². The molecule has 3 rings (SSSR count). The molecule has 23 heavy (non-hydrogen) atoms. The van der Waals surface area contributed by atoms with Crippen LogP contribution < -0.4 is 5.73 Å². The zero-order valence-electron chi connectivity index (χ0n) is 12.7. The number of nitrogen functional groups attached to an aromatic ring is 1. The van der Waals surface area contributed by atoms with Crippen molar-refractivity contribution in [3.63, 3.8) is 0 Å². The maximum Gasteiger partial charge on any atom is 0.191 e. The molecule has 0 saturated heterocycles. The van der Waals surface area contributed by atoms with Gasteiger partial charge in [-0.05, 0) is 40.6 Å². The molecule has 0 fully saturated rings. The number of nitrogens with zero attached hydrogens (tertiary/aromatic N) is 3. The predicted molar refractivity (Wildman–Crippen MR) is 102 cm³/mol. The lowest BCUT2D eigenvalue weighted by Gasteiger charge is -2.12. The van der Waals surface area contributed by atoms with E-state index in [0.29, 0.717) is 11.0 Å². The fourth-order valence-electron chi connectivity index (χ4n) is 2.15. The molecular formula is C16H15BrN4S2. The summed E-state index contributed by atoms with van der Waals surface area (Å²) in [5.41, 5.74) is 6.95. The summed E-state index contributed by atoms with van der Waals surface area (Å²) in [5.74, 6) is 0.463. The Hall–Kier alpha value is -1.31. The standard InChI is InChI=1S/C16H15BrN4S2/c1-9(12-7-10-5-3-4-6-11(10)8-19-12)23-16-20-14(18)13(17)15(21-16)22-2/h3-9H,1-2H3,(H2,18,20,21). The van der Waals surface area contributed by atoms with Crippen LogP contribution in [0.2, 0.25) is 0 Å². The number of hydrogen-bond donors (Lipinski definition) is 1. The van der Waals surface area contributed by atoms with Crippen LogP contribution in [0.25, 0.3) is 10.8 Å². The highest BCUT2D eigenvalue weighted by atomic mass is 79.9. The van der Waals surface area contributed by atoms with Crippen LogP contribution in [0.15, 0.2) is 51.2 Å². The van der Waals surface area contributed by atoms with Crippen molar-refractivity contribution in [2.24, 2.45) is 0 Å². The third kappa shape index (κ3) is 3.62. The average molecular weight is 407 g/mol. The maximum absolute atomic E-state index is 5.95. The second kappa shape index (κ2) is 7.07. The van der Waals surface area contributed by atoms with E-state index in [2.05, 4.69) is 56.0 Å². The third-order valence-electron chi connectivity index (χ3n) is 3.37. The Morgan fingerprint density at radius 2 is 1.91 bits per heavy atom. The Morgan fingerprint density at radius 1 is 1.17 bits per heavy atom. The first-order chi connectivity index (χ1) is 11.1. The van der Waals surface area contributed by atoms with E-state index in [-0.39, 0.29) is 5.25 Å². The van der Waals surface area contributed by atoms with Gasteiger partial charge in [0.1, 0.15) is 10.8 Å². The van der Waals surface area contributed by atoms with Crippen LogP contribution in [0.1, 0.15) is 17.9 Å². The normalized spacial score (nSPS) is 12.5. The summed E-state index contributed by atoms with van der Waals surface area (Å²) in [4.78, 5) is 13.5. The summed E-state index contributed by atoms with van der Waals surface area (Å²) in [6.45, 7) is 2.10. The number of anilines is 1. The van der Waals surface area contributed by atoms with Crippen molar-refractivity contribution < 1.29 is 0 Å². The lowest BCUT2D eigenvalue weighted by atomic mass is 10.1. The maximum atomic E-state index is 5.95. The van der Waals surface area contributed by atoms with Crippen molar-refractivity contribution in [1.82, 2.24) is 15.0 Å². The van der Waals surface area contributed by atoms with Gasteiger partial charge in [-0.1, -0.05) is 36.0 Å². The molecule has 1 aromatic carbocycles. The van der Waals surface area contributed by atoms with E-state index in [9.17, 15) is 0 Å². The Bertz CT molecular complexity index is 857. The molecule has 3 aromatic rings. The summed E-state index contributed by atoms with van der Waals surface area (Å²) < 4.78 is 0.755. The highest BCUT2D eigenvalue weighted by Crippen LogP contribution is 2.36. The number of rotatable bonds is 4. The van der Waals surface area contributed by atoms with Crippen molar-refractivity contribution in [2.45, 2.75) is 22.4 Å². The fourth-order valence-corrected chi connectivity index (χ4v) is 4.20. The van der Waals surface area contributed by atoms with Crippen molar-refractivity contribution >= 4 is 56.0 Å². The van der Waals surface area contributed by atoms with Gasteiger partial charge < -0.3 is 5.73 Å². The molecule has 0 radical (unpaired) electrons. The molecule has 0 bridgehead atoms. The molecule has 2 heterocycles. The summed E-state index contributed by atoms with van der Waals surface area (Å²) in [6.07, 6.45) is 3.88. The second-order valence-corrected chi connectivity index (χ2v) is 7.83. The molecule has 2 aromatic heterocycles. The summed E-state index contributed by atoms with van der Waals surface area (Å²) >= 11 is 6.52. The third-order valence-corrected chi connectivity index (χ3v) is 6.08. The number of benzene rings is 1. The van der Waals surface area contributed by atoms with E-state index < -0.39 is 0 Å². The Kier molecular flexibility index (Phi) is 5.08. The molecule has 4 nitrogen and oxygen atoms in total. The van der Waals surface area contributed by atoms with Gasteiger partial charge in [0.15, 0.2) is 5.16 Å². The molecule has 0 saturated carbocycles. The van der Waals surface area contributed by atoms with Crippen LogP contribution in [-0.2, 0) is 0 Å². The van der Waals surface area contributed by atoms with Crippen molar-refractivity contribution in [3.8, 4) is 0 Å². The topological polar surface area (TPSA) is 64.7 Å². The second-order valence-electron chi connectivity index (χ2n) is 4.93. The lowest BCUT2D eigenvalue weighted by molar-refractivity contribution is 0.878. The minimum Gasteiger partial charge on any atom is -0.383 e. The van der Waals surface area contributed by atoms with Gasteiger partial charge in [0.2, 0.25) is 0 Å². The van der Waals surface area contributed by atoms with Gasteiger partial charge in [0, 0.05) is 11.6 Å². The van der Waals surface area contributed by atoms with E-state index >= 15 is 0 Å². The minimum absolute atomic E-state index is 0.134. The first-order valence-corrected chi connectivity index (χ1v) is 9.86. The number of halogens is 1. The van der Waals surface area contributed by atoms with E-state index in [1.807, 2.05) is 24.6 Å². The van der Waals surface area contributed by atoms with E-state index in [1.54, 1.807) is 23.5 Å². The molecule has 7 heteroatoms. The Morgan fingerprint density at radius 3 is 2.65 bits per heavy atom. The van der Waals surface area contributed by atoms with Crippen LogP contribution in [0.3, 0.4) is 0 Å². The van der Waals surface area contributed by atoms with Gasteiger partial charge in [0.05, 0.1) is 15.4 Å². The first-order valence-electron chi connectivity index (χ1n) is 6.97. The molecule has 0 aliphatic heterocycles. The van der Waals surface area contributed by atoms with Gasteiger partial charge in [-0.2, -0.15) is 0 Å². The number of pyridine rings is 1. The minimum atomic E-state index is 0.134. The Labute approximate surface area is 151 Å². The van der Waals surface area contributed by atoms with Gasteiger partial charge in [-0.15, -0.1) is 11.8 Å². The molecule has 2 N–H and O–H groups in total. The van der Waals surface area contributed by atoms with Gasteiger partial charge in [-0.25, -0.2) is 9.97 Å². The van der Waals surface area contributed by atoms with Crippen molar-refractivity contribution in [3.05, 3.63) is 46.7 Å². The molecular weight excluding hydrogens is 392 g/mol. The monoisotopic (exact) mass is 406 g/mol. The first kappa shape index (κ1) is 16.5. The highest BCUT2D eigenvalue weighted by molar-refractivity contribution is 9.10. The summed E-state index contributed by atoms with van der Waals surface area (Å²) in [7, 11) is 0. The highest BCUT2D eigenvalue weighted by Gasteiger charge is 2.15. The van der Waals surface area contributed by atoms with Crippen molar-refractivity contribution in [2.75, 3.05) is 12.0 Å². The fraction of sp³-hybridized carbons (Fsp3) is 0.188. The van der Waals surface area contributed by atoms with Gasteiger partial charge in [-0.3, -0.25) is 4.98 Å². The quantitative estimate of drug-likeness (QED) is 0.375. The number of thioether (sulfide) groups is 2. The molecule has 1 atom stereocenters. The number of hydrogen-bond acceptors (Lipinski definition) is 6. The molecule has 0 spiro atoms. The van der Waals surface area contributed by atoms with Crippen LogP contribution in [0.4, 0.5) is 5.82 Å². The van der Waals surface area contributed by atoms with E-state index in [4.69, 9.17) is 5.73 Å². The SMILES string of the molecule is CSc1nc(SC(C)c2cc3ccccc3cn2)nc(N)c1Br. The predicted octanol–water partition coefficient (Wildman–Crippen LogP) is 4.94. The van der Waals surface area contributed by atoms with Crippen LogP contribution in [0.5, 0.6) is 0 Å². The molecule has 1 unspecified atom stereocenters. The summed E-state index contributed by atoms with van der Waals surface area (Å²) in [5, 5.41) is 3.97. The van der Waals surface area contributed by atoms with E-state index in [1.165, 1.54) is 5.39 Å². The zero-order valence-corrected chi connectivity index (χ0v) is 15.9.